The maximum atomic E-state index is 6.02. The molecule has 16 heavy (non-hydrogen) atoms. The first kappa shape index (κ1) is 14.0. The van der Waals surface area contributed by atoms with Crippen LogP contribution in [0.15, 0.2) is 0 Å². The van der Waals surface area contributed by atoms with Gasteiger partial charge in [0, 0.05) is 0 Å². The zero-order valence-corrected chi connectivity index (χ0v) is 12.0. The van der Waals surface area contributed by atoms with Crippen molar-refractivity contribution in [1.82, 2.24) is 0 Å². The van der Waals surface area contributed by atoms with Gasteiger partial charge in [-0.3, -0.25) is 0 Å². The van der Waals surface area contributed by atoms with Crippen LogP contribution in [0, 0.1) is 11.3 Å². The van der Waals surface area contributed by atoms with E-state index in [-0.39, 0.29) is 12.2 Å². The average molecular weight is 228 g/mol. The van der Waals surface area contributed by atoms with Gasteiger partial charge in [0.2, 0.25) is 0 Å². The molecule has 0 aliphatic carbocycles. The molecule has 0 aromatic heterocycles. The Labute approximate surface area is 101 Å². The lowest BCUT2D eigenvalue weighted by atomic mass is 9.86. The second-order valence-corrected chi connectivity index (χ2v) is 7.11. The van der Waals surface area contributed by atoms with E-state index in [0.717, 1.165) is 12.8 Å². The first-order valence-corrected chi connectivity index (χ1v) is 6.45. The van der Waals surface area contributed by atoms with Crippen LogP contribution in [0.3, 0.4) is 0 Å². The van der Waals surface area contributed by atoms with Crippen LogP contribution in [0.1, 0.15) is 61.3 Å². The number of hydrogen-bond acceptors (Lipinski definition) is 2. The van der Waals surface area contributed by atoms with E-state index < -0.39 is 5.79 Å². The number of ether oxygens (including phenoxy) is 2. The molecule has 1 saturated heterocycles. The number of rotatable bonds is 3. The van der Waals surface area contributed by atoms with Gasteiger partial charge < -0.3 is 9.47 Å². The van der Waals surface area contributed by atoms with Crippen molar-refractivity contribution < 1.29 is 9.47 Å². The van der Waals surface area contributed by atoms with Crippen molar-refractivity contribution in [1.29, 1.82) is 0 Å². The molecule has 2 nitrogen and oxygen atoms in total. The third-order valence-electron chi connectivity index (χ3n) is 2.80. The molecule has 2 heteroatoms. The second kappa shape index (κ2) is 4.66. The molecule has 1 fully saturated rings. The van der Waals surface area contributed by atoms with Crippen LogP contribution >= 0.6 is 0 Å². The largest absolute Gasteiger partial charge is 0.345 e. The summed E-state index contributed by atoms with van der Waals surface area (Å²) >= 11 is 0. The van der Waals surface area contributed by atoms with Gasteiger partial charge in [0.1, 0.15) is 0 Å². The summed E-state index contributed by atoms with van der Waals surface area (Å²) in [7, 11) is 0. The molecule has 1 aliphatic rings. The minimum atomic E-state index is -0.407. The Bertz CT molecular complexity index is 225. The zero-order chi connectivity index (χ0) is 12.6. The molecule has 1 aliphatic heterocycles. The zero-order valence-electron chi connectivity index (χ0n) is 12.0. The molecule has 96 valence electrons. The van der Waals surface area contributed by atoms with Crippen LogP contribution in [-0.2, 0) is 9.47 Å². The van der Waals surface area contributed by atoms with Gasteiger partial charge in [0.15, 0.2) is 5.79 Å². The van der Waals surface area contributed by atoms with Crippen LogP contribution in [0.5, 0.6) is 0 Å². The lowest BCUT2D eigenvalue weighted by Gasteiger charge is -2.26. The summed E-state index contributed by atoms with van der Waals surface area (Å²) in [6.45, 7) is 15.3. The molecular weight excluding hydrogens is 200 g/mol. The van der Waals surface area contributed by atoms with Crippen molar-refractivity contribution in [2.75, 3.05) is 0 Å². The molecule has 0 bridgehead atoms. The Balaban J connectivity index is 2.65. The molecular formula is C14H28O2. The Morgan fingerprint density at radius 1 is 1.06 bits per heavy atom. The van der Waals surface area contributed by atoms with E-state index >= 15 is 0 Å². The fraction of sp³-hybridized carbons (Fsp3) is 1.00. The SMILES string of the molecule is CC(C)CC1OC(C)(C)OC1CC(C)(C)C. The first-order valence-electron chi connectivity index (χ1n) is 6.45. The second-order valence-electron chi connectivity index (χ2n) is 7.11. The van der Waals surface area contributed by atoms with Crippen molar-refractivity contribution in [3.63, 3.8) is 0 Å². The summed E-state index contributed by atoms with van der Waals surface area (Å²) in [5, 5.41) is 0. The molecule has 0 aromatic carbocycles. The summed E-state index contributed by atoms with van der Waals surface area (Å²) in [4.78, 5) is 0. The van der Waals surface area contributed by atoms with E-state index in [2.05, 4.69) is 34.6 Å². The Hall–Kier alpha value is -0.0800. The minimum Gasteiger partial charge on any atom is -0.345 e. The first-order chi connectivity index (χ1) is 7.09. The van der Waals surface area contributed by atoms with Crippen molar-refractivity contribution in [2.24, 2.45) is 11.3 Å². The van der Waals surface area contributed by atoms with Crippen LogP contribution in [0.4, 0.5) is 0 Å². The van der Waals surface area contributed by atoms with E-state index in [1.54, 1.807) is 0 Å². The molecule has 0 amide bonds. The maximum Gasteiger partial charge on any atom is 0.163 e. The summed E-state index contributed by atoms with van der Waals surface area (Å²) in [5.74, 6) is 0.250. The molecule has 0 spiro atoms. The molecule has 2 unspecified atom stereocenters. The maximum absolute atomic E-state index is 6.02. The highest BCUT2D eigenvalue weighted by Gasteiger charge is 2.42. The average Bonchev–Trinajstić information content (AvgIpc) is 2.20. The highest BCUT2D eigenvalue weighted by atomic mass is 16.7. The fourth-order valence-corrected chi connectivity index (χ4v) is 2.35. The Morgan fingerprint density at radius 2 is 1.56 bits per heavy atom. The Kier molecular flexibility index (Phi) is 4.07. The van der Waals surface area contributed by atoms with E-state index in [1.165, 1.54) is 0 Å². The van der Waals surface area contributed by atoms with Crippen molar-refractivity contribution in [3.05, 3.63) is 0 Å². The van der Waals surface area contributed by atoms with E-state index in [0.29, 0.717) is 11.3 Å². The third-order valence-corrected chi connectivity index (χ3v) is 2.80. The van der Waals surface area contributed by atoms with Gasteiger partial charge >= 0.3 is 0 Å². The lowest BCUT2D eigenvalue weighted by Crippen LogP contribution is -2.28. The highest BCUT2D eigenvalue weighted by Crippen LogP contribution is 2.37. The molecule has 2 atom stereocenters. The van der Waals surface area contributed by atoms with Crippen LogP contribution in [-0.4, -0.2) is 18.0 Å². The van der Waals surface area contributed by atoms with Gasteiger partial charge in [-0.05, 0) is 38.0 Å². The predicted molar refractivity (Wildman–Crippen MR) is 67.4 cm³/mol. The van der Waals surface area contributed by atoms with E-state index in [4.69, 9.17) is 9.47 Å². The lowest BCUT2D eigenvalue weighted by molar-refractivity contribution is -0.149. The fourth-order valence-electron chi connectivity index (χ4n) is 2.35. The van der Waals surface area contributed by atoms with Crippen molar-refractivity contribution in [3.8, 4) is 0 Å². The van der Waals surface area contributed by atoms with Gasteiger partial charge in [-0.2, -0.15) is 0 Å². The van der Waals surface area contributed by atoms with Crippen molar-refractivity contribution >= 4 is 0 Å². The predicted octanol–water partition coefficient (Wildman–Crippen LogP) is 3.99. The highest BCUT2D eigenvalue weighted by molar-refractivity contribution is 4.85. The Morgan fingerprint density at radius 3 is 2.00 bits per heavy atom. The van der Waals surface area contributed by atoms with Gasteiger partial charge in [-0.25, -0.2) is 0 Å². The molecule has 0 aromatic rings. The van der Waals surface area contributed by atoms with Gasteiger partial charge in [-0.1, -0.05) is 34.6 Å². The monoisotopic (exact) mass is 228 g/mol. The van der Waals surface area contributed by atoms with Crippen LogP contribution < -0.4 is 0 Å². The number of hydrogen-bond donors (Lipinski definition) is 0. The summed E-state index contributed by atoms with van der Waals surface area (Å²) < 4.78 is 12.0. The van der Waals surface area contributed by atoms with E-state index in [9.17, 15) is 0 Å². The van der Waals surface area contributed by atoms with Crippen LogP contribution in [0.25, 0.3) is 0 Å². The summed E-state index contributed by atoms with van der Waals surface area (Å²) in [6, 6.07) is 0. The quantitative estimate of drug-likeness (QED) is 0.727. The molecule has 0 radical (unpaired) electrons. The topological polar surface area (TPSA) is 18.5 Å². The van der Waals surface area contributed by atoms with Gasteiger partial charge in [0.05, 0.1) is 12.2 Å². The molecule has 0 N–H and O–H groups in total. The molecule has 1 heterocycles. The van der Waals surface area contributed by atoms with E-state index in [1.807, 2.05) is 13.8 Å². The standard InChI is InChI=1S/C14H28O2/c1-10(2)8-11-12(9-13(3,4)5)16-14(6,7)15-11/h10-12H,8-9H2,1-7H3. The third kappa shape index (κ3) is 4.42. The van der Waals surface area contributed by atoms with Crippen LogP contribution in [0.2, 0.25) is 0 Å². The van der Waals surface area contributed by atoms with Gasteiger partial charge in [0.25, 0.3) is 0 Å². The van der Waals surface area contributed by atoms with Gasteiger partial charge in [-0.15, -0.1) is 0 Å². The molecule has 0 saturated carbocycles. The summed E-state index contributed by atoms with van der Waals surface area (Å²) in [5.41, 5.74) is 0.295. The molecule has 1 rings (SSSR count). The normalized spacial score (nSPS) is 30.0. The summed E-state index contributed by atoms with van der Waals surface area (Å²) in [6.07, 6.45) is 2.66. The van der Waals surface area contributed by atoms with Crippen molar-refractivity contribution in [2.45, 2.75) is 79.3 Å². The minimum absolute atomic E-state index is 0.248. The smallest absolute Gasteiger partial charge is 0.163 e.